The van der Waals surface area contributed by atoms with Crippen LogP contribution in [0.4, 0.5) is 0 Å². The molecule has 12 nitrogen and oxygen atoms in total. The molecule has 0 spiro atoms. The van der Waals surface area contributed by atoms with Crippen molar-refractivity contribution in [2.75, 3.05) is 5.75 Å². The maximum absolute atomic E-state index is 12.9. The molecular formula is C19H27N5O7S. The second-order valence-corrected chi connectivity index (χ2v) is 7.40. The Morgan fingerprint density at radius 3 is 1.91 bits per heavy atom. The monoisotopic (exact) mass is 469 g/mol. The zero-order valence-corrected chi connectivity index (χ0v) is 18.2. The molecule has 0 aliphatic carbocycles. The molecule has 0 aliphatic rings. The van der Waals surface area contributed by atoms with E-state index in [0.29, 0.717) is 5.56 Å². The lowest BCUT2D eigenvalue weighted by atomic mass is 10.0. The highest BCUT2D eigenvalue weighted by atomic mass is 32.1. The predicted molar refractivity (Wildman–Crippen MR) is 117 cm³/mol. The molecule has 4 unspecified atom stereocenters. The number of phenolic OH excluding ortho intramolecular Hbond substituents is 1. The molecule has 0 saturated carbocycles. The van der Waals surface area contributed by atoms with Crippen molar-refractivity contribution in [1.29, 1.82) is 0 Å². The van der Waals surface area contributed by atoms with Gasteiger partial charge in [-0.1, -0.05) is 12.1 Å². The second kappa shape index (κ2) is 12.5. The number of carbonyl (C=O) groups excluding carboxylic acids is 4. The summed E-state index contributed by atoms with van der Waals surface area (Å²) in [6, 6.07) is 0.883. The number of nitrogens with two attached hydrogens (primary N) is 2. The number of amides is 4. The lowest BCUT2D eigenvalue weighted by Gasteiger charge is -2.24. The van der Waals surface area contributed by atoms with Crippen LogP contribution in [-0.4, -0.2) is 69.7 Å². The third-order valence-electron chi connectivity index (χ3n) is 4.26. The first-order chi connectivity index (χ1) is 14.9. The number of nitrogens with one attached hydrogen (secondary N) is 3. The van der Waals surface area contributed by atoms with E-state index in [4.69, 9.17) is 16.6 Å². The Morgan fingerprint density at radius 2 is 1.44 bits per heavy atom. The van der Waals surface area contributed by atoms with Crippen molar-refractivity contribution in [1.82, 2.24) is 16.0 Å². The standard InChI is InChI=1S/C19H27N5O7S/c1-9(20)16(27)22-12(6-10-2-4-11(25)5-3-10)17(28)23-13(7-15(21)26)18(29)24-14(8-32)19(30)31/h2-5,9,12-14,25,32H,6-8,20H2,1H3,(H2,21,26)(H,22,27)(H,23,28)(H,24,29)(H,30,31). The minimum atomic E-state index is -1.49. The Balaban J connectivity index is 3.07. The van der Waals surface area contributed by atoms with Gasteiger partial charge in [-0.3, -0.25) is 19.2 Å². The Bertz CT molecular complexity index is 847. The van der Waals surface area contributed by atoms with Crippen molar-refractivity contribution in [3.63, 3.8) is 0 Å². The molecule has 1 aromatic rings. The van der Waals surface area contributed by atoms with Gasteiger partial charge in [0, 0.05) is 12.2 Å². The third kappa shape index (κ3) is 8.81. The van der Waals surface area contributed by atoms with Gasteiger partial charge in [-0.15, -0.1) is 0 Å². The van der Waals surface area contributed by atoms with E-state index in [-0.39, 0.29) is 17.9 Å². The van der Waals surface area contributed by atoms with Gasteiger partial charge >= 0.3 is 5.97 Å². The van der Waals surface area contributed by atoms with E-state index in [1.165, 1.54) is 31.2 Å². The fourth-order valence-corrected chi connectivity index (χ4v) is 2.77. The quantitative estimate of drug-likeness (QED) is 0.154. The molecular weight excluding hydrogens is 442 g/mol. The van der Waals surface area contributed by atoms with Gasteiger partial charge in [-0.25, -0.2) is 4.79 Å². The number of carboxylic acid groups (broad SMARTS) is 1. The van der Waals surface area contributed by atoms with E-state index >= 15 is 0 Å². The fourth-order valence-electron chi connectivity index (χ4n) is 2.52. The van der Waals surface area contributed by atoms with Gasteiger partial charge < -0.3 is 37.6 Å². The fraction of sp³-hybridized carbons (Fsp3) is 0.421. The van der Waals surface area contributed by atoms with Crippen molar-refractivity contribution in [2.24, 2.45) is 11.5 Å². The summed E-state index contributed by atoms with van der Waals surface area (Å²) in [6.07, 6.45) is -0.631. The number of primary amides is 1. The van der Waals surface area contributed by atoms with Crippen LogP contribution in [0.1, 0.15) is 18.9 Å². The molecule has 176 valence electrons. The van der Waals surface area contributed by atoms with Crippen LogP contribution in [0.15, 0.2) is 24.3 Å². The van der Waals surface area contributed by atoms with Gasteiger partial charge in [0.25, 0.3) is 0 Å². The largest absolute Gasteiger partial charge is 0.508 e. The summed E-state index contributed by atoms with van der Waals surface area (Å²) >= 11 is 3.84. The summed E-state index contributed by atoms with van der Waals surface area (Å²) in [6.45, 7) is 1.41. The van der Waals surface area contributed by atoms with Crippen LogP contribution in [0.25, 0.3) is 0 Å². The average Bonchev–Trinajstić information content (AvgIpc) is 2.71. The Labute approximate surface area is 189 Å². The lowest BCUT2D eigenvalue weighted by Crippen LogP contribution is -2.58. The van der Waals surface area contributed by atoms with E-state index in [9.17, 15) is 29.1 Å². The first-order valence-electron chi connectivity index (χ1n) is 9.51. The topological polar surface area (TPSA) is 214 Å². The number of hydrogen-bond acceptors (Lipinski definition) is 8. The molecule has 0 heterocycles. The molecule has 0 aromatic heterocycles. The van der Waals surface area contributed by atoms with Crippen molar-refractivity contribution in [2.45, 2.75) is 43.9 Å². The summed E-state index contributed by atoms with van der Waals surface area (Å²) in [4.78, 5) is 60.0. The van der Waals surface area contributed by atoms with Gasteiger partial charge in [0.2, 0.25) is 23.6 Å². The number of aliphatic carboxylic acids is 1. The SMILES string of the molecule is CC(N)C(=O)NC(Cc1ccc(O)cc1)C(=O)NC(CC(N)=O)C(=O)NC(CS)C(=O)O. The van der Waals surface area contributed by atoms with Crippen LogP contribution < -0.4 is 27.4 Å². The zero-order valence-electron chi connectivity index (χ0n) is 17.3. The molecule has 32 heavy (non-hydrogen) atoms. The van der Waals surface area contributed by atoms with E-state index in [0.717, 1.165) is 0 Å². The highest BCUT2D eigenvalue weighted by Crippen LogP contribution is 2.12. The molecule has 1 aromatic carbocycles. The number of benzene rings is 1. The van der Waals surface area contributed by atoms with Gasteiger partial charge in [0.1, 0.15) is 23.9 Å². The predicted octanol–water partition coefficient (Wildman–Crippen LogP) is -2.37. The summed E-state index contributed by atoms with van der Waals surface area (Å²) in [5, 5.41) is 25.4. The Morgan fingerprint density at radius 1 is 0.938 bits per heavy atom. The minimum absolute atomic E-state index is 0.00438. The second-order valence-electron chi connectivity index (χ2n) is 7.03. The normalized spacial score (nSPS) is 14.3. The average molecular weight is 470 g/mol. The van der Waals surface area contributed by atoms with Crippen LogP contribution in [0.2, 0.25) is 0 Å². The maximum atomic E-state index is 12.9. The first-order valence-corrected chi connectivity index (χ1v) is 10.1. The Kier molecular flexibility index (Phi) is 10.4. The van der Waals surface area contributed by atoms with E-state index < -0.39 is 60.2 Å². The summed E-state index contributed by atoms with van der Waals surface area (Å²) in [5.74, 6) is -4.92. The van der Waals surface area contributed by atoms with E-state index in [1.807, 2.05) is 0 Å². The number of carbonyl (C=O) groups is 5. The van der Waals surface area contributed by atoms with Crippen LogP contribution >= 0.6 is 12.6 Å². The van der Waals surface area contributed by atoms with Gasteiger partial charge in [0.15, 0.2) is 0 Å². The molecule has 0 radical (unpaired) electrons. The zero-order chi connectivity index (χ0) is 24.4. The summed E-state index contributed by atoms with van der Waals surface area (Å²) < 4.78 is 0. The first kappa shape index (κ1) is 26.7. The number of aromatic hydroxyl groups is 1. The van der Waals surface area contributed by atoms with Gasteiger partial charge in [-0.2, -0.15) is 12.6 Å². The number of carboxylic acids is 1. The van der Waals surface area contributed by atoms with Gasteiger partial charge in [-0.05, 0) is 24.6 Å². The minimum Gasteiger partial charge on any atom is -0.508 e. The molecule has 1 rings (SSSR count). The molecule has 0 saturated heterocycles. The lowest BCUT2D eigenvalue weighted by molar-refractivity contribution is -0.141. The number of hydrogen-bond donors (Lipinski definition) is 8. The van der Waals surface area contributed by atoms with Gasteiger partial charge in [0.05, 0.1) is 12.5 Å². The molecule has 4 atom stereocenters. The molecule has 0 aliphatic heterocycles. The van der Waals surface area contributed by atoms with Crippen LogP contribution in [0.3, 0.4) is 0 Å². The smallest absolute Gasteiger partial charge is 0.327 e. The van der Waals surface area contributed by atoms with Crippen molar-refractivity contribution in [3.05, 3.63) is 29.8 Å². The highest BCUT2D eigenvalue weighted by Gasteiger charge is 2.30. The van der Waals surface area contributed by atoms with E-state index in [1.54, 1.807) is 0 Å². The molecule has 9 N–H and O–H groups in total. The third-order valence-corrected chi connectivity index (χ3v) is 4.62. The van der Waals surface area contributed by atoms with Crippen molar-refractivity contribution >= 4 is 42.2 Å². The van der Waals surface area contributed by atoms with Crippen molar-refractivity contribution in [3.8, 4) is 5.75 Å². The van der Waals surface area contributed by atoms with E-state index in [2.05, 4.69) is 28.6 Å². The molecule has 0 bridgehead atoms. The molecule has 13 heteroatoms. The summed E-state index contributed by atoms with van der Waals surface area (Å²) in [5.41, 5.74) is 11.3. The maximum Gasteiger partial charge on any atom is 0.327 e. The van der Waals surface area contributed by atoms with Crippen LogP contribution in [0.5, 0.6) is 5.75 Å². The number of thiol groups is 1. The Hall–Kier alpha value is -3.32. The molecule has 4 amide bonds. The van der Waals surface area contributed by atoms with Crippen LogP contribution in [-0.2, 0) is 30.4 Å². The van der Waals surface area contributed by atoms with Crippen molar-refractivity contribution < 1.29 is 34.2 Å². The number of rotatable bonds is 12. The number of phenols is 1. The van der Waals surface area contributed by atoms with Crippen LogP contribution in [0, 0.1) is 0 Å². The highest BCUT2D eigenvalue weighted by molar-refractivity contribution is 7.80. The molecule has 0 fully saturated rings. The summed E-state index contributed by atoms with van der Waals surface area (Å²) in [7, 11) is 0.